The van der Waals surface area contributed by atoms with Gasteiger partial charge in [-0.25, -0.2) is 13.2 Å². The Morgan fingerprint density at radius 1 is 1.26 bits per heavy atom. The second kappa shape index (κ2) is 5.64. The van der Waals surface area contributed by atoms with Crippen LogP contribution < -0.4 is 4.31 Å². The number of rotatable bonds is 4. The van der Waals surface area contributed by atoms with Crippen LogP contribution in [-0.2, 0) is 10.0 Å². The number of hydrogen-bond donors (Lipinski definition) is 1. The van der Waals surface area contributed by atoms with Crippen LogP contribution in [0.3, 0.4) is 0 Å². The van der Waals surface area contributed by atoms with Gasteiger partial charge in [-0.2, -0.15) is 0 Å². The van der Waals surface area contributed by atoms with Crippen molar-refractivity contribution in [3.05, 3.63) is 53.5 Å². The number of para-hydroxylation sites is 1. The minimum absolute atomic E-state index is 0.0233. The predicted molar refractivity (Wildman–Crippen MR) is 88.6 cm³/mol. The summed E-state index contributed by atoms with van der Waals surface area (Å²) in [6.45, 7) is 0. The van der Waals surface area contributed by atoms with E-state index in [1.165, 1.54) is 36.7 Å². The Morgan fingerprint density at radius 2 is 2.00 bits per heavy atom. The van der Waals surface area contributed by atoms with Crippen molar-refractivity contribution >= 4 is 43.2 Å². The molecule has 0 atom stereocenters. The van der Waals surface area contributed by atoms with Gasteiger partial charge in [0.1, 0.15) is 4.90 Å². The molecule has 0 saturated carbocycles. The summed E-state index contributed by atoms with van der Waals surface area (Å²) in [5.74, 6) is -1.19. The molecule has 0 bridgehead atoms. The summed E-state index contributed by atoms with van der Waals surface area (Å²) in [5, 5.41) is 11.1. The average Bonchev–Trinajstić information content (AvgIpc) is 3.01. The zero-order valence-electron chi connectivity index (χ0n) is 12.0. The van der Waals surface area contributed by atoms with Gasteiger partial charge in [-0.1, -0.05) is 12.1 Å². The van der Waals surface area contributed by atoms with E-state index in [2.05, 4.69) is 4.98 Å². The van der Waals surface area contributed by atoms with Crippen molar-refractivity contribution in [3.8, 4) is 0 Å². The Kier molecular flexibility index (Phi) is 3.78. The summed E-state index contributed by atoms with van der Waals surface area (Å²) >= 11 is 1.39. The minimum Gasteiger partial charge on any atom is -0.478 e. The first-order chi connectivity index (χ1) is 10.9. The highest BCUT2D eigenvalue weighted by atomic mass is 32.2. The van der Waals surface area contributed by atoms with Gasteiger partial charge in [0.05, 0.1) is 21.5 Å². The Balaban J connectivity index is 2.10. The molecule has 0 radical (unpaired) electrons. The van der Waals surface area contributed by atoms with E-state index < -0.39 is 16.0 Å². The smallest absolute Gasteiger partial charge is 0.337 e. The number of pyridine rings is 1. The van der Waals surface area contributed by atoms with Gasteiger partial charge in [0.25, 0.3) is 10.0 Å². The first kappa shape index (κ1) is 15.4. The minimum atomic E-state index is -3.90. The molecule has 0 fully saturated rings. The maximum absolute atomic E-state index is 12.8. The zero-order chi connectivity index (χ0) is 16.6. The van der Waals surface area contributed by atoms with Gasteiger partial charge >= 0.3 is 5.97 Å². The van der Waals surface area contributed by atoms with E-state index in [0.717, 1.165) is 14.5 Å². The standard InChI is InChI=1S/C15H12N2O4S2/c1-17(13-5-3-2-4-11(13)15(18)19)23(20,21)10-8-14-12(16-9-10)6-7-22-14/h2-9H,1H3,(H,18,19). The van der Waals surface area contributed by atoms with E-state index in [-0.39, 0.29) is 16.1 Å². The normalized spacial score (nSPS) is 11.5. The fourth-order valence-corrected chi connectivity index (χ4v) is 4.23. The number of aromatic nitrogens is 1. The van der Waals surface area contributed by atoms with E-state index in [1.54, 1.807) is 24.3 Å². The SMILES string of the molecule is CN(c1ccccc1C(=O)O)S(=O)(=O)c1cnc2ccsc2c1. The molecule has 0 aliphatic heterocycles. The molecule has 0 spiro atoms. The van der Waals surface area contributed by atoms with Crippen LogP contribution in [0.5, 0.6) is 0 Å². The quantitative estimate of drug-likeness (QED) is 0.783. The maximum Gasteiger partial charge on any atom is 0.337 e. The highest BCUT2D eigenvalue weighted by Crippen LogP contribution is 2.28. The first-order valence-corrected chi connectivity index (χ1v) is 8.88. The van der Waals surface area contributed by atoms with Crippen molar-refractivity contribution in [2.24, 2.45) is 0 Å². The van der Waals surface area contributed by atoms with Crippen LogP contribution in [0.2, 0.25) is 0 Å². The summed E-state index contributed by atoms with van der Waals surface area (Å²) in [6, 6.07) is 9.31. The lowest BCUT2D eigenvalue weighted by atomic mass is 10.2. The van der Waals surface area contributed by atoms with Crippen LogP contribution in [0.1, 0.15) is 10.4 Å². The second-order valence-corrected chi connectivity index (χ2v) is 7.69. The first-order valence-electron chi connectivity index (χ1n) is 6.56. The molecule has 0 saturated heterocycles. The molecule has 2 aromatic heterocycles. The third kappa shape index (κ3) is 2.66. The molecule has 0 aliphatic rings. The zero-order valence-corrected chi connectivity index (χ0v) is 13.6. The van der Waals surface area contributed by atoms with Crippen molar-refractivity contribution in [1.82, 2.24) is 4.98 Å². The topological polar surface area (TPSA) is 87.6 Å². The number of sulfonamides is 1. The molecular formula is C15H12N2O4S2. The predicted octanol–water partition coefficient (Wildman–Crippen LogP) is 2.82. The molecule has 3 aromatic rings. The molecule has 6 nitrogen and oxygen atoms in total. The fourth-order valence-electron chi connectivity index (χ4n) is 2.19. The number of benzene rings is 1. The van der Waals surface area contributed by atoms with Gasteiger partial charge in [-0.15, -0.1) is 11.3 Å². The Morgan fingerprint density at radius 3 is 2.74 bits per heavy atom. The van der Waals surface area contributed by atoms with Crippen LogP contribution in [0, 0.1) is 0 Å². The average molecular weight is 348 g/mol. The molecule has 8 heteroatoms. The van der Waals surface area contributed by atoms with Crippen molar-refractivity contribution in [2.45, 2.75) is 4.90 Å². The number of thiophene rings is 1. The van der Waals surface area contributed by atoms with Gasteiger partial charge in [0, 0.05) is 13.2 Å². The summed E-state index contributed by atoms with van der Waals surface area (Å²) in [6.07, 6.45) is 1.28. The van der Waals surface area contributed by atoms with Crippen molar-refractivity contribution in [2.75, 3.05) is 11.4 Å². The number of carboxylic acids is 1. The van der Waals surface area contributed by atoms with Gasteiger partial charge < -0.3 is 5.11 Å². The Bertz CT molecular complexity index is 995. The third-order valence-electron chi connectivity index (χ3n) is 3.41. The number of fused-ring (bicyclic) bond motifs is 1. The number of aromatic carboxylic acids is 1. The van der Waals surface area contributed by atoms with E-state index in [0.29, 0.717) is 0 Å². The molecule has 0 unspecified atom stereocenters. The summed E-state index contributed by atoms with van der Waals surface area (Å²) < 4.78 is 27.3. The van der Waals surface area contributed by atoms with Crippen LogP contribution in [0.4, 0.5) is 5.69 Å². The Labute approximate surface area is 136 Å². The van der Waals surface area contributed by atoms with Crippen LogP contribution >= 0.6 is 11.3 Å². The molecule has 2 heterocycles. The number of carboxylic acid groups (broad SMARTS) is 1. The van der Waals surface area contributed by atoms with Crippen LogP contribution in [-0.4, -0.2) is 31.5 Å². The van der Waals surface area contributed by atoms with Gasteiger partial charge in [-0.05, 0) is 29.6 Å². The fraction of sp³-hybridized carbons (Fsp3) is 0.0667. The highest BCUT2D eigenvalue weighted by molar-refractivity contribution is 7.92. The van der Waals surface area contributed by atoms with Gasteiger partial charge in [-0.3, -0.25) is 9.29 Å². The van der Waals surface area contributed by atoms with E-state index in [4.69, 9.17) is 0 Å². The van der Waals surface area contributed by atoms with Crippen molar-refractivity contribution in [1.29, 1.82) is 0 Å². The highest BCUT2D eigenvalue weighted by Gasteiger charge is 2.25. The lowest BCUT2D eigenvalue weighted by Gasteiger charge is -2.21. The molecule has 3 rings (SSSR count). The van der Waals surface area contributed by atoms with Gasteiger partial charge in [0.2, 0.25) is 0 Å². The lowest BCUT2D eigenvalue weighted by Crippen LogP contribution is -2.28. The molecule has 1 aromatic carbocycles. The van der Waals surface area contributed by atoms with E-state index in [1.807, 2.05) is 5.38 Å². The molecule has 23 heavy (non-hydrogen) atoms. The molecular weight excluding hydrogens is 336 g/mol. The van der Waals surface area contributed by atoms with E-state index >= 15 is 0 Å². The number of nitrogens with zero attached hydrogens (tertiary/aromatic N) is 2. The van der Waals surface area contributed by atoms with Gasteiger partial charge in [0.15, 0.2) is 0 Å². The summed E-state index contributed by atoms with van der Waals surface area (Å²) in [5.41, 5.74) is 0.748. The largest absolute Gasteiger partial charge is 0.478 e. The molecule has 0 amide bonds. The second-order valence-electron chi connectivity index (χ2n) is 4.77. The molecule has 0 aliphatic carbocycles. The number of hydrogen-bond acceptors (Lipinski definition) is 5. The molecule has 118 valence electrons. The monoisotopic (exact) mass is 348 g/mol. The maximum atomic E-state index is 12.8. The Hall–Kier alpha value is -2.45. The number of anilines is 1. The third-order valence-corrected chi connectivity index (χ3v) is 6.00. The molecule has 1 N–H and O–H groups in total. The van der Waals surface area contributed by atoms with Crippen LogP contribution in [0.15, 0.2) is 52.9 Å². The van der Waals surface area contributed by atoms with Crippen molar-refractivity contribution in [3.63, 3.8) is 0 Å². The lowest BCUT2D eigenvalue weighted by molar-refractivity contribution is 0.0698. The van der Waals surface area contributed by atoms with Crippen LogP contribution in [0.25, 0.3) is 10.2 Å². The summed E-state index contributed by atoms with van der Waals surface area (Å²) in [7, 11) is -2.57. The summed E-state index contributed by atoms with van der Waals surface area (Å²) in [4.78, 5) is 15.5. The van der Waals surface area contributed by atoms with Crippen molar-refractivity contribution < 1.29 is 18.3 Å². The van der Waals surface area contributed by atoms with E-state index in [9.17, 15) is 18.3 Å². The number of carbonyl (C=O) groups is 1.